The van der Waals surface area contributed by atoms with Crippen molar-refractivity contribution < 1.29 is 14.6 Å². The van der Waals surface area contributed by atoms with Crippen molar-refractivity contribution in [2.75, 3.05) is 13.7 Å². The van der Waals surface area contributed by atoms with Crippen molar-refractivity contribution in [1.29, 1.82) is 0 Å². The Balaban J connectivity index is 2.49. The second-order valence-corrected chi connectivity index (χ2v) is 5.77. The number of amides is 1. The van der Waals surface area contributed by atoms with Gasteiger partial charge in [-0.2, -0.15) is 0 Å². The topological polar surface area (TPSA) is 58.6 Å². The zero-order valence-electron chi connectivity index (χ0n) is 12.8. The van der Waals surface area contributed by atoms with Crippen LogP contribution in [0.1, 0.15) is 38.4 Å². The van der Waals surface area contributed by atoms with Crippen LogP contribution in [0.5, 0.6) is 0 Å². The van der Waals surface area contributed by atoms with E-state index in [9.17, 15) is 9.90 Å². The van der Waals surface area contributed by atoms with Crippen molar-refractivity contribution in [2.24, 2.45) is 5.92 Å². The van der Waals surface area contributed by atoms with Crippen LogP contribution in [0, 0.1) is 5.92 Å². The first kappa shape index (κ1) is 18.0. The average Bonchev–Trinajstić information content (AvgIpc) is 2.47. The summed E-state index contributed by atoms with van der Waals surface area (Å²) in [4.78, 5) is 12.1. The van der Waals surface area contributed by atoms with Gasteiger partial charge in [-0.05, 0) is 37.5 Å². The lowest BCUT2D eigenvalue weighted by atomic mass is 10.0. The van der Waals surface area contributed by atoms with Crippen LogP contribution in [0.4, 0.5) is 0 Å². The van der Waals surface area contributed by atoms with E-state index < -0.39 is 6.10 Å². The van der Waals surface area contributed by atoms with Crippen LogP contribution in [0.25, 0.3) is 0 Å². The zero-order valence-corrected chi connectivity index (χ0v) is 13.6. The van der Waals surface area contributed by atoms with Gasteiger partial charge in [-0.25, -0.2) is 0 Å². The molecule has 3 atom stereocenters. The second-order valence-electron chi connectivity index (χ2n) is 5.33. The SMILES string of the molecule is COCCCC(C)C(=O)NC(C)C(O)c1ccc(Cl)cc1. The molecule has 0 spiro atoms. The summed E-state index contributed by atoms with van der Waals surface area (Å²) in [5.74, 6) is -0.147. The molecule has 1 aromatic carbocycles. The zero-order chi connectivity index (χ0) is 15.8. The highest BCUT2D eigenvalue weighted by atomic mass is 35.5. The summed E-state index contributed by atoms with van der Waals surface area (Å²) in [6.07, 6.45) is 0.861. The number of hydrogen-bond acceptors (Lipinski definition) is 3. The third-order valence-corrected chi connectivity index (χ3v) is 3.74. The monoisotopic (exact) mass is 313 g/mol. The number of nitrogens with one attached hydrogen (secondary N) is 1. The number of carbonyl (C=O) groups excluding carboxylic acids is 1. The van der Waals surface area contributed by atoms with Gasteiger partial charge in [0.15, 0.2) is 0 Å². The molecule has 0 saturated heterocycles. The van der Waals surface area contributed by atoms with Crippen LogP contribution in [0.2, 0.25) is 5.02 Å². The third kappa shape index (κ3) is 6.04. The number of hydrogen-bond donors (Lipinski definition) is 2. The number of carbonyl (C=O) groups is 1. The van der Waals surface area contributed by atoms with E-state index in [1.807, 2.05) is 6.92 Å². The number of aliphatic hydroxyl groups excluding tert-OH is 1. The minimum Gasteiger partial charge on any atom is -0.386 e. The molecule has 2 N–H and O–H groups in total. The Morgan fingerprint density at radius 2 is 1.95 bits per heavy atom. The van der Waals surface area contributed by atoms with E-state index in [1.165, 1.54) is 0 Å². The standard InChI is InChI=1S/C16H24ClNO3/c1-11(5-4-10-21-3)16(20)18-12(2)15(19)13-6-8-14(17)9-7-13/h6-9,11-12,15,19H,4-5,10H2,1-3H3,(H,18,20). The highest BCUT2D eigenvalue weighted by molar-refractivity contribution is 6.30. The van der Waals surface area contributed by atoms with E-state index in [4.69, 9.17) is 16.3 Å². The lowest BCUT2D eigenvalue weighted by Crippen LogP contribution is -2.40. The molecule has 118 valence electrons. The van der Waals surface area contributed by atoms with Crippen LogP contribution in [-0.4, -0.2) is 30.8 Å². The predicted molar refractivity (Wildman–Crippen MR) is 84.3 cm³/mol. The molecule has 5 heteroatoms. The summed E-state index contributed by atoms with van der Waals surface area (Å²) in [6, 6.07) is 6.61. The van der Waals surface area contributed by atoms with Gasteiger partial charge in [0.1, 0.15) is 0 Å². The Labute approximate surface area is 131 Å². The number of ether oxygens (including phenoxy) is 1. The van der Waals surface area contributed by atoms with Gasteiger partial charge in [-0.1, -0.05) is 30.7 Å². The molecule has 1 amide bonds. The Bertz CT molecular complexity index is 436. The molecule has 0 aliphatic heterocycles. The van der Waals surface area contributed by atoms with Crippen molar-refractivity contribution in [3.63, 3.8) is 0 Å². The van der Waals surface area contributed by atoms with E-state index in [-0.39, 0.29) is 17.9 Å². The van der Waals surface area contributed by atoms with Crippen LogP contribution in [-0.2, 0) is 9.53 Å². The number of halogens is 1. The first-order valence-electron chi connectivity index (χ1n) is 7.18. The van der Waals surface area contributed by atoms with Gasteiger partial charge in [0.05, 0.1) is 12.1 Å². The van der Waals surface area contributed by atoms with Crippen molar-refractivity contribution in [3.05, 3.63) is 34.9 Å². The molecule has 0 aliphatic carbocycles. The maximum atomic E-state index is 12.1. The first-order chi connectivity index (χ1) is 9.95. The van der Waals surface area contributed by atoms with E-state index >= 15 is 0 Å². The maximum absolute atomic E-state index is 12.1. The predicted octanol–water partition coefficient (Wildman–Crippen LogP) is 2.94. The van der Waals surface area contributed by atoms with Crippen LogP contribution < -0.4 is 5.32 Å². The number of aliphatic hydroxyl groups is 1. The van der Waals surface area contributed by atoms with Gasteiger partial charge in [0.2, 0.25) is 5.91 Å². The molecule has 3 unspecified atom stereocenters. The quantitative estimate of drug-likeness (QED) is 0.725. The molecule has 0 fully saturated rings. The van der Waals surface area contributed by atoms with Crippen LogP contribution >= 0.6 is 11.6 Å². The molecule has 0 radical (unpaired) electrons. The first-order valence-corrected chi connectivity index (χ1v) is 7.56. The Morgan fingerprint density at radius 3 is 2.52 bits per heavy atom. The van der Waals surface area contributed by atoms with E-state index in [2.05, 4.69) is 5.32 Å². The minimum atomic E-state index is -0.752. The maximum Gasteiger partial charge on any atom is 0.223 e. The fourth-order valence-corrected chi connectivity index (χ4v) is 2.19. The molecule has 0 aromatic heterocycles. The molecular formula is C16H24ClNO3. The fraction of sp³-hybridized carbons (Fsp3) is 0.562. The van der Waals surface area contributed by atoms with E-state index in [1.54, 1.807) is 38.3 Å². The summed E-state index contributed by atoms with van der Waals surface area (Å²) in [7, 11) is 1.65. The Morgan fingerprint density at radius 1 is 1.33 bits per heavy atom. The second kappa shape index (κ2) is 9.03. The molecule has 1 rings (SSSR count). The molecule has 21 heavy (non-hydrogen) atoms. The Kier molecular flexibility index (Phi) is 7.72. The summed E-state index contributed by atoms with van der Waals surface area (Å²) in [5.41, 5.74) is 0.735. The molecular weight excluding hydrogens is 290 g/mol. The fourth-order valence-electron chi connectivity index (χ4n) is 2.06. The number of methoxy groups -OCH3 is 1. The van der Waals surface area contributed by atoms with Crippen LogP contribution in [0.15, 0.2) is 24.3 Å². The number of rotatable bonds is 8. The van der Waals surface area contributed by atoms with Gasteiger partial charge in [-0.3, -0.25) is 4.79 Å². The summed E-state index contributed by atoms with van der Waals surface area (Å²) in [5, 5.41) is 13.7. The van der Waals surface area contributed by atoms with E-state index in [0.29, 0.717) is 11.6 Å². The molecule has 0 saturated carbocycles. The van der Waals surface area contributed by atoms with Gasteiger partial charge < -0.3 is 15.2 Å². The van der Waals surface area contributed by atoms with Gasteiger partial charge in [0, 0.05) is 24.7 Å². The largest absolute Gasteiger partial charge is 0.386 e. The highest BCUT2D eigenvalue weighted by Crippen LogP contribution is 2.19. The molecule has 0 aliphatic rings. The van der Waals surface area contributed by atoms with Gasteiger partial charge >= 0.3 is 0 Å². The van der Waals surface area contributed by atoms with Crippen molar-refractivity contribution in [1.82, 2.24) is 5.32 Å². The van der Waals surface area contributed by atoms with Gasteiger partial charge in [0.25, 0.3) is 0 Å². The lowest BCUT2D eigenvalue weighted by Gasteiger charge is -2.22. The average molecular weight is 314 g/mol. The highest BCUT2D eigenvalue weighted by Gasteiger charge is 2.21. The number of benzene rings is 1. The minimum absolute atomic E-state index is 0.0494. The van der Waals surface area contributed by atoms with Crippen molar-refractivity contribution >= 4 is 17.5 Å². The molecule has 0 bridgehead atoms. The van der Waals surface area contributed by atoms with Crippen LogP contribution in [0.3, 0.4) is 0 Å². The smallest absolute Gasteiger partial charge is 0.223 e. The van der Waals surface area contributed by atoms with Gasteiger partial charge in [-0.15, -0.1) is 0 Å². The lowest BCUT2D eigenvalue weighted by molar-refractivity contribution is -0.126. The van der Waals surface area contributed by atoms with Crippen molar-refractivity contribution in [3.8, 4) is 0 Å². The Hall–Kier alpha value is -1.10. The normalized spacial score (nSPS) is 15.3. The molecule has 0 heterocycles. The summed E-state index contributed by atoms with van der Waals surface area (Å²) in [6.45, 7) is 4.33. The summed E-state index contributed by atoms with van der Waals surface area (Å²) >= 11 is 5.82. The molecule has 4 nitrogen and oxygen atoms in total. The van der Waals surface area contributed by atoms with E-state index in [0.717, 1.165) is 18.4 Å². The van der Waals surface area contributed by atoms with Crippen molar-refractivity contribution in [2.45, 2.75) is 38.8 Å². The third-order valence-electron chi connectivity index (χ3n) is 3.49. The molecule has 1 aromatic rings. The summed E-state index contributed by atoms with van der Waals surface area (Å²) < 4.78 is 4.98.